The molecule has 1 N–H and O–H groups in total. The van der Waals surface area contributed by atoms with E-state index in [1.54, 1.807) is 22.4 Å². The lowest BCUT2D eigenvalue weighted by Gasteiger charge is -2.32. The highest BCUT2D eigenvalue weighted by Gasteiger charge is 2.46. The zero-order valence-corrected chi connectivity index (χ0v) is 17.6. The van der Waals surface area contributed by atoms with Gasteiger partial charge in [0.05, 0.1) is 5.56 Å². The first kappa shape index (κ1) is 21.3. The van der Waals surface area contributed by atoms with Crippen LogP contribution in [-0.4, -0.2) is 38.4 Å². The van der Waals surface area contributed by atoms with E-state index in [9.17, 15) is 26.4 Å². The standard InChI is InChI=1S/C20H21F3N2O3S2/c21-20(22,23)14-5-3-13(4-6-14)16-12-17(16)19(26)25-9-7-15(8-10-25)24-30(27,28)18-2-1-11-29-18/h1-6,11,15-17,24H,7-10,12H2. The average Bonchev–Trinajstić information content (AvgIpc) is 3.29. The number of carbonyl (C=O) groups excluding carboxylic acids is 1. The second-order valence-corrected chi connectivity index (χ2v) is 10.6. The zero-order valence-electron chi connectivity index (χ0n) is 15.9. The van der Waals surface area contributed by atoms with Crippen molar-refractivity contribution in [2.45, 2.75) is 41.6 Å². The summed E-state index contributed by atoms with van der Waals surface area (Å²) < 4.78 is 65.7. The molecule has 0 bridgehead atoms. The Kier molecular flexibility index (Phi) is 5.67. The van der Waals surface area contributed by atoms with Crippen molar-refractivity contribution >= 4 is 27.3 Å². The maximum atomic E-state index is 12.8. The number of hydrogen-bond acceptors (Lipinski definition) is 4. The third-order valence-electron chi connectivity index (χ3n) is 5.66. The number of carbonyl (C=O) groups is 1. The number of benzene rings is 1. The summed E-state index contributed by atoms with van der Waals surface area (Å²) >= 11 is 1.16. The van der Waals surface area contributed by atoms with E-state index in [-0.39, 0.29) is 28.0 Å². The van der Waals surface area contributed by atoms with Gasteiger partial charge >= 0.3 is 6.18 Å². The fourth-order valence-corrected chi connectivity index (χ4v) is 6.22. The summed E-state index contributed by atoms with van der Waals surface area (Å²) in [4.78, 5) is 14.5. The van der Waals surface area contributed by atoms with Crippen molar-refractivity contribution < 1.29 is 26.4 Å². The highest BCUT2D eigenvalue weighted by Crippen LogP contribution is 2.49. The molecule has 2 aliphatic rings. The normalized spacial score (nSPS) is 22.8. The smallest absolute Gasteiger partial charge is 0.342 e. The van der Waals surface area contributed by atoms with Gasteiger partial charge in [0, 0.05) is 25.0 Å². The Labute approximate surface area is 176 Å². The molecule has 10 heteroatoms. The largest absolute Gasteiger partial charge is 0.416 e. The summed E-state index contributed by atoms with van der Waals surface area (Å²) in [6.45, 7) is 0.930. The lowest BCUT2D eigenvalue weighted by Crippen LogP contribution is -2.46. The van der Waals surface area contributed by atoms with E-state index in [1.165, 1.54) is 12.1 Å². The van der Waals surface area contributed by atoms with E-state index in [4.69, 9.17) is 0 Å². The van der Waals surface area contributed by atoms with Gasteiger partial charge in [-0.05, 0) is 54.3 Å². The highest BCUT2D eigenvalue weighted by atomic mass is 32.2. The van der Waals surface area contributed by atoms with Gasteiger partial charge in [-0.25, -0.2) is 13.1 Å². The molecule has 4 rings (SSSR count). The topological polar surface area (TPSA) is 66.5 Å². The van der Waals surface area contributed by atoms with E-state index in [2.05, 4.69) is 4.72 Å². The lowest BCUT2D eigenvalue weighted by molar-refractivity contribution is -0.137. The first-order chi connectivity index (χ1) is 14.1. The molecule has 2 aromatic rings. The summed E-state index contributed by atoms with van der Waals surface area (Å²) in [5.74, 6) is -0.254. The molecule has 162 valence electrons. The molecule has 2 heterocycles. The third-order valence-corrected chi connectivity index (χ3v) is 8.58. The second-order valence-electron chi connectivity index (χ2n) is 7.72. The highest BCUT2D eigenvalue weighted by molar-refractivity contribution is 7.91. The number of alkyl halides is 3. The van der Waals surface area contributed by atoms with Crippen LogP contribution in [0.2, 0.25) is 0 Å². The number of likely N-dealkylation sites (tertiary alicyclic amines) is 1. The quantitative estimate of drug-likeness (QED) is 0.741. The minimum atomic E-state index is -4.37. The molecular weight excluding hydrogens is 437 g/mol. The van der Waals surface area contributed by atoms with Gasteiger partial charge in [-0.2, -0.15) is 13.2 Å². The van der Waals surface area contributed by atoms with Crippen LogP contribution in [0.25, 0.3) is 0 Å². The lowest BCUT2D eigenvalue weighted by atomic mass is 10.0. The summed E-state index contributed by atoms with van der Waals surface area (Å²) in [7, 11) is -3.53. The predicted molar refractivity (Wildman–Crippen MR) is 107 cm³/mol. The van der Waals surface area contributed by atoms with E-state index in [1.807, 2.05) is 0 Å². The Morgan fingerprint density at radius 2 is 1.77 bits per heavy atom. The maximum Gasteiger partial charge on any atom is 0.416 e. The molecule has 5 nitrogen and oxygen atoms in total. The van der Waals surface area contributed by atoms with Crippen LogP contribution in [0.4, 0.5) is 13.2 Å². The molecule has 1 aromatic carbocycles. The second kappa shape index (κ2) is 7.97. The first-order valence-corrected chi connectivity index (χ1v) is 12.0. The van der Waals surface area contributed by atoms with Gasteiger partial charge in [-0.1, -0.05) is 18.2 Å². The van der Waals surface area contributed by atoms with Gasteiger partial charge in [0.15, 0.2) is 0 Å². The third kappa shape index (κ3) is 4.55. The number of halogens is 3. The van der Waals surface area contributed by atoms with Crippen LogP contribution in [0.1, 0.15) is 36.3 Å². The number of hydrogen-bond donors (Lipinski definition) is 1. The number of thiophene rings is 1. The Hall–Kier alpha value is -1.91. The molecule has 2 fully saturated rings. The number of nitrogens with zero attached hydrogens (tertiary/aromatic N) is 1. The SMILES string of the molecule is O=C(C1CC1c1ccc(C(F)(F)F)cc1)N1CCC(NS(=O)(=O)c2cccs2)CC1. The average molecular weight is 459 g/mol. The molecule has 1 saturated heterocycles. The molecule has 1 amide bonds. The van der Waals surface area contributed by atoms with Crippen molar-refractivity contribution in [1.29, 1.82) is 0 Å². The monoisotopic (exact) mass is 458 g/mol. The van der Waals surface area contributed by atoms with Crippen LogP contribution in [0.3, 0.4) is 0 Å². The Bertz CT molecular complexity index is 997. The van der Waals surface area contributed by atoms with Crippen molar-refractivity contribution in [3.05, 3.63) is 52.9 Å². The molecule has 1 saturated carbocycles. The van der Waals surface area contributed by atoms with Crippen LogP contribution in [0, 0.1) is 5.92 Å². The fourth-order valence-electron chi connectivity index (χ4n) is 3.90. The number of amides is 1. The molecule has 1 aliphatic carbocycles. The van der Waals surface area contributed by atoms with Crippen molar-refractivity contribution in [1.82, 2.24) is 9.62 Å². The molecule has 2 atom stereocenters. The van der Waals surface area contributed by atoms with Crippen molar-refractivity contribution in [3.63, 3.8) is 0 Å². The summed E-state index contributed by atoms with van der Waals surface area (Å²) in [5.41, 5.74) is 0.0572. The van der Waals surface area contributed by atoms with E-state index in [0.717, 1.165) is 29.0 Å². The van der Waals surface area contributed by atoms with Crippen molar-refractivity contribution in [2.75, 3.05) is 13.1 Å². The minimum Gasteiger partial charge on any atom is -0.342 e. The van der Waals surface area contributed by atoms with Crippen LogP contribution in [0.5, 0.6) is 0 Å². The first-order valence-electron chi connectivity index (χ1n) is 9.67. The van der Waals surface area contributed by atoms with Gasteiger partial charge in [0.25, 0.3) is 0 Å². The number of nitrogens with one attached hydrogen (secondary N) is 1. The van der Waals surface area contributed by atoms with Crippen molar-refractivity contribution in [2.24, 2.45) is 5.92 Å². The maximum absolute atomic E-state index is 12.8. The van der Waals surface area contributed by atoms with Crippen LogP contribution in [-0.2, 0) is 21.0 Å². The molecule has 2 unspecified atom stereocenters. The Balaban J connectivity index is 1.29. The number of piperidine rings is 1. The van der Waals surface area contributed by atoms with Gasteiger partial charge in [-0.3, -0.25) is 4.79 Å². The summed E-state index contributed by atoms with van der Waals surface area (Å²) in [6, 6.07) is 8.04. The van der Waals surface area contributed by atoms with E-state index >= 15 is 0 Å². The van der Waals surface area contributed by atoms with Gasteiger partial charge in [0.1, 0.15) is 4.21 Å². The Morgan fingerprint density at radius 3 is 2.33 bits per heavy atom. The summed E-state index contributed by atoms with van der Waals surface area (Å²) in [6.07, 6.45) is -2.66. The predicted octanol–water partition coefficient (Wildman–Crippen LogP) is 3.84. The van der Waals surface area contributed by atoms with Gasteiger partial charge in [-0.15, -0.1) is 11.3 Å². The molecule has 0 radical (unpaired) electrons. The van der Waals surface area contributed by atoms with Crippen LogP contribution < -0.4 is 4.72 Å². The van der Waals surface area contributed by atoms with E-state index < -0.39 is 21.8 Å². The molecule has 30 heavy (non-hydrogen) atoms. The minimum absolute atomic E-state index is 0.000498. The summed E-state index contributed by atoms with van der Waals surface area (Å²) in [5, 5.41) is 1.71. The zero-order chi connectivity index (χ0) is 21.5. The van der Waals surface area contributed by atoms with Crippen LogP contribution in [0.15, 0.2) is 46.0 Å². The van der Waals surface area contributed by atoms with Crippen molar-refractivity contribution in [3.8, 4) is 0 Å². The molecular formula is C20H21F3N2O3S2. The van der Waals surface area contributed by atoms with Gasteiger partial charge in [0.2, 0.25) is 15.9 Å². The molecule has 1 aliphatic heterocycles. The van der Waals surface area contributed by atoms with Crippen LogP contribution >= 0.6 is 11.3 Å². The number of sulfonamides is 1. The van der Waals surface area contributed by atoms with E-state index in [0.29, 0.717) is 32.4 Å². The molecule has 0 spiro atoms. The molecule has 1 aromatic heterocycles. The van der Waals surface area contributed by atoms with Gasteiger partial charge < -0.3 is 4.90 Å². The number of rotatable bonds is 5. The fraction of sp³-hybridized carbons (Fsp3) is 0.450. The Morgan fingerprint density at radius 1 is 1.10 bits per heavy atom.